The fourth-order valence-corrected chi connectivity index (χ4v) is 0.496. The summed E-state index contributed by atoms with van der Waals surface area (Å²) in [7, 11) is 0. The van der Waals surface area contributed by atoms with Crippen molar-refractivity contribution in [3.05, 3.63) is 24.3 Å². The monoisotopic (exact) mass is 240 g/mol. The second kappa shape index (κ2) is 9.57. The van der Waals surface area contributed by atoms with E-state index in [0.717, 1.165) is 23.3 Å². The van der Waals surface area contributed by atoms with Crippen LogP contribution in [0.2, 0.25) is 0 Å². The van der Waals surface area contributed by atoms with Crippen molar-refractivity contribution in [2.75, 3.05) is 11.5 Å². The van der Waals surface area contributed by atoms with Crippen LogP contribution in [0, 0.1) is 0 Å². The maximum Gasteiger partial charge on any atom is 1.00 e. The first-order valence-electron chi connectivity index (χ1n) is 3.33. The maximum absolute atomic E-state index is 5.37. The second-order valence-electron chi connectivity index (χ2n) is 2.10. The Balaban J connectivity index is -0.000000185. The summed E-state index contributed by atoms with van der Waals surface area (Å²) in [5.41, 5.74) is 17.1. The van der Waals surface area contributed by atoms with Crippen molar-refractivity contribution >= 4 is 39.9 Å². The van der Waals surface area contributed by atoms with Gasteiger partial charge >= 0.3 is 29.6 Å². The standard InChI is InChI=1S/C6H8N2.CH4N2S2.Na.H/c7-5-1-2-6(8)4-3-5;2-1(4)5-3;;/h1-4H,7-8H2;3H2,(H2,2,4);;/q;;+1;-1. The van der Waals surface area contributed by atoms with E-state index in [2.05, 4.69) is 12.2 Å². The number of hydrogen-bond donors (Lipinski definition) is 4. The summed E-state index contributed by atoms with van der Waals surface area (Å²) in [5, 5.41) is 4.82. The quantitative estimate of drug-likeness (QED) is 0.178. The van der Waals surface area contributed by atoms with Crippen molar-refractivity contribution in [3.8, 4) is 0 Å². The summed E-state index contributed by atoms with van der Waals surface area (Å²) in [6, 6.07) is 7.09. The molecule has 0 radical (unpaired) electrons. The molecule has 14 heavy (non-hydrogen) atoms. The summed E-state index contributed by atoms with van der Waals surface area (Å²) in [5.74, 6) is 0. The molecule has 8 N–H and O–H groups in total. The minimum absolute atomic E-state index is 0. The molecule has 0 aromatic heterocycles. The first kappa shape index (κ1) is 16.4. The van der Waals surface area contributed by atoms with Gasteiger partial charge in [0.15, 0.2) is 0 Å². The summed E-state index contributed by atoms with van der Waals surface area (Å²) >= 11 is 5.20. The molecule has 4 nitrogen and oxygen atoms in total. The van der Waals surface area contributed by atoms with Gasteiger partial charge in [-0.15, -0.1) is 0 Å². The summed E-state index contributed by atoms with van der Waals surface area (Å²) in [6.45, 7) is 0. The Bertz CT molecular complexity index is 249. The molecule has 0 bridgehead atoms. The zero-order chi connectivity index (χ0) is 10.3. The van der Waals surface area contributed by atoms with Gasteiger partial charge in [-0.3, -0.25) is 5.14 Å². The minimum Gasteiger partial charge on any atom is -1.00 e. The molecule has 0 atom stereocenters. The Morgan fingerprint density at radius 3 is 1.50 bits per heavy atom. The third-order valence-corrected chi connectivity index (χ3v) is 1.57. The van der Waals surface area contributed by atoms with Gasteiger partial charge in [-0.25, -0.2) is 0 Å². The molecule has 0 saturated heterocycles. The first-order valence-corrected chi connectivity index (χ1v) is 4.62. The van der Waals surface area contributed by atoms with E-state index in [4.69, 9.17) is 22.3 Å². The molecule has 0 amide bonds. The molecule has 0 unspecified atom stereocenters. The fraction of sp³-hybridized carbons (Fsp3) is 0. The number of nitrogens with two attached hydrogens (primary N) is 4. The van der Waals surface area contributed by atoms with E-state index in [1.165, 1.54) is 0 Å². The average Bonchev–Trinajstić information content (AvgIpc) is 2.11. The largest absolute Gasteiger partial charge is 1.00 e. The fourth-order valence-electron chi connectivity index (χ4n) is 0.496. The summed E-state index contributed by atoms with van der Waals surface area (Å²) < 4.78 is 0.282. The molecule has 1 rings (SSSR count). The van der Waals surface area contributed by atoms with Crippen LogP contribution in [0.3, 0.4) is 0 Å². The van der Waals surface area contributed by atoms with E-state index in [0.29, 0.717) is 0 Å². The number of rotatable bonds is 0. The maximum atomic E-state index is 5.37. The Morgan fingerprint density at radius 1 is 1.14 bits per heavy atom. The smallest absolute Gasteiger partial charge is 1.00 e. The van der Waals surface area contributed by atoms with Gasteiger partial charge in [0, 0.05) is 11.4 Å². The van der Waals surface area contributed by atoms with Crippen LogP contribution < -0.4 is 51.9 Å². The van der Waals surface area contributed by atoms with E-state index in [1.54, 1.807) is 24.3 Å². The normalized spacial score (nSPS) is 7.79. The van der Waals surface area contributed by atoms with Crippen molar-refractivity contribution in [3.63, 3.8) is 0 Å². The van der Waals surface area contributed by atoms with Gasteiger partial charge in [-0.05, 0) is 36.2 Å². The average molecular weight is 240 g/mol. The zero-order valence-electron chi connectivity index (χ0n) is 8.94. The minimum atomic E-state index is 0. The van der Waals surface area contributed by atoms with E-state index >= 15 is 0 Å². The predicted molar refractivity (Wildman–Crippen MR) is 64.9 cm³/mol. The summed E-state index contributed by atoms with van der Waals surface area (Å²) in [4.78, 5) is 0. The van der Waals surface area contributed by atoms with Gasteiger partial charge in [0.2, 0.25) is 0 Å². The molecule has 0 aliphatic rings. The number of thiocarbonyl (C=S) groups is 1. The summed E-state index contributed by atoms with van der Waals surface area (Å²) in [6.07, 6.45) is 0. The molecule has 0 saturated carbocycles. The van der Waals surface area contributed by atoms with Crippen LogP contribution in [-0.4, -0.2) is 4.32 Å². The zero-order valence-corrected chi connectivity index (χ0v) is 11.6. The molecule has 7 heteroatoms. The van der Waals surface area contributed by atoms with Crippen LogP contribution in [0.1, 0.15) is 1.43 Å². The molecule has 0 aliphatic carbocycles. The van der Waals surface area contributed by atoms with Gasteiger partial charge in [0.25, 0.3) is 0 Å². The Hall–Kier alpha value is 0.0200. The predicted octanol–water partition coefficient (Wildman–Crippen LogP) is -2.20. The van der Waals surface area contributed by atoms with E-state index in [1.807, 2.05) is 0 Å². The Labute approximate surface area is 117 Å². The Morgan fingerprint density at radius 2 is 1.36 bits per heavy atom. The molecule has 0 spiro atoms. The molecule has 0 heterocycles. The van der Waals surface area contributed by atoms with Crippen molar-refractivity contribution in [2.45, 2.75) is 0 Å². The third-order valence-electron chi connectivity index (χ3n) is 1.05. The first-order chi connectivity index (χ1) is 6.06. The molecular formula is C7H13N4NaS2. The van der Waals surface area contributed by atoms with Gasteiger partial charge in [-0.1, -0.05) is 12.2 Å². The Kier molecular flexibility index (Phi) is 11.2. The number of nitrogen functional groups attached to an aromatic ring is 2. The van der Waals surface area contributed by atoms with Crippen LogP contribution in [-0.2, 0) is 0 Å². The van der Waals surface area contributed by atoms with Crippen molar-refractivity contribution < 1.29 is 31.0 Å². The number of anilines is 2. The van der Waals surface area contributed by atoms with Crippen molar-refractivity contribution in [1.82, 2.24) is 0 Å². The van der Waals surface area contributed by atoms with Gasteiger partial charge in [0.1, 0.15) is 4.32 Å². The van der Waals surface area contributed by atoms with E-state index < -0.39 is 0 Å². The molecule has 1 aromatic rings. The third kappa shape index (κ3) is 10.1. The van der Waals surface area contributed by atoms with E-state index in [-0.39, 0.29) is 35.3 Å². The molecule has 0 aliphatic heterocycles. The number of hydrogen-bond acceptors (Lipinski definition) is 5. The van der Waals surface area contributed by atoms with Crippen LogP contribution in [0.15, 0.2) is 24.3 Å². The van der Waals surface area contributed by atoms with Crippen LogP contribution >= 0.6 is 24.2 Å². The molecule has 1 aromatic carbocycles. The molecule has 0 fully saturated rings. The van der Waals surface area contributed by atoms with Crippen molar-refractivity contribution in [1.29, 1.82) is 0 Å². The topological polar surface area (TPSA) is 104 Å². The van der Waals surface area contributed by atoms with Crippen molar-refractivity contribution in [2.24, 2.45) is 10.9 Å². The van der Waals surface area contributed by atoms with Crippen LogP contribution in [0.5, 0.6) is 0 Å². The number of benzene rings is 1. The molecular weight excluding hydrogens is 227 g/mol. The second-order valence-corrected chi connectivity index (χ2v) is 3.48. The van der Waals surface area contributed by atoms with E-state index in [9.17, 15) is 0 Å². The van der Waals surface area contributed by atoms with Crippen LogP contribution in [0.4, 0.5) is 11.4 Å². The van der Waals surface area contributed by atoms with Gasteiger partial charge < -0.3 is 18.6 Å². The van der Waals surface area contributed by atoms with Gasteiger partial charge in [0.05, 0.1) is 0 Å². The van der Waals surface area contributed by atoms with Crippen LogP contribution in [0.25, 0.3) is 0 Å². The van der Waals surface area contributed by atoms with Gasteiger partial charge in [-0.2, -0.15) is 0 Å². The SMILES string of the molecule is NSC(N)=S.Nc1ccc(N)cc1.[H-].[Na+]. The molecule has 74 valence electrons.